The predicted molar refractivity (Wildman–Crippen MR) is 311 cm³/mol. The first-order valence-corrected chi connectivity index (χ1v) is 26.6. The summed E-state index contributed by atoms with van der Waals surface area (Å²) in [6, 6.07) is 34.5. The Kier molecular flexibility index (Phi) is 21.7. The van der Waals surface area contributed by atoms with Gasteiger partial charge in [0.2, 0.25) is 5.91 Å². The molecule has 0 aromatic heterocycles. The number of nitriles is 1. The van der Waals surface area contributed by atoms with E-state index in [-0.39, 0.29) is 74.4 Å². The Morgan fingerprint density at radius 3 is 1.40 bits per heavy atom. The number of fused-ring (bicyclic) bond motifs is 4. The molecule has 4 aliphatic rings. The second kappa shape index (κ2) is 27.5. The minimum atomic E-state index is -0.546. The van der Waals surface area contributed by atoms with Gasteiger partial charge in [0.25, 0.3) is 11.8 Å². The Balaban J connectivity index is 0.000000257. The molecular formula is C63H67ClN8O9Zn. The normalized spacial score (nSPS) is 14.4. The summed E-state index contributed by atoms with van der Waals surface area (Å²) in [6.45, 7) is 29.2. The number of hydrogen-bond acceptors (Lipinski definition) is 12. The monoisotopic (exact) mass is 1180 g/mol. The van der Waals surface area contributed by atoms with Gasteiger partial charge in [-0.25, -0.2) is 9.59 Å². The van der Waals surface area contributed by atoms with Gasteiger partial charge in [-0.3, -0.25) is 14.4 Å². The molecule has 0 aliphatic carbocycles. The van der Waals surface area contributed by atoms with Gasteiger partial charge in [-0.2, -0.15) is 5.26 Å². The molecule has 82 heavy (non-hydrogen) atoms. The number of likely N-dealkylation sites (tertiary alicyclic amines) is 2. The van der Waals surface area contributed by atoms with Crippen molar-refractivity contribution in [3.05, 3.63) is 132 Å². The summed E-state index contributed by atoms with van der Waals surface area (Å²) in [5.74, 6) is 1.33. The molecule has 0 bridgehead atoms. The molecule has 4 aliphatic heterocycles. The van der Waals surface area contributed by atoms with E-state index in [0.29, 0.717) is 72.7 Å². The van der Waals surface area contributed by atoms with Crippen molar-refractivity contribution in [2.75, 3.05) is 76.4 Å². The first kappa shape index (κ1) is 64.6. The van der Waals surface area contributed by atoms with E-state index in [9.17, 15) is 29.2 Å². The van der Waals surface area contributed by atoms with Gasteiger partial charge in [0, 0.05) is 83.3 Å². The van der Waals surface area contributed by atoms with Crippen LogP contribution in [0.4, 0.5) is 21.0 Å². The number of nitrogens with zero attached hydrogens (tertiary/aromatic N) is 8. The molecule has 5 amide bonds. The topological polar surface area (TPSA) is 210 Å². The van der Waals surface area contributed by atoms with Crippen LogP contribution in [0.5, 0.6) is 11.5 Å². The average Bonchev–Trinajstić information content (AvgIpc) is 3.44. The van der Waals surface area contributed by atoms with E-state index in [1.54, 1.807) is 39.8 Å². The van der Waals surface area contributed by atoms with Gasteiger partial charge in [-0.15, -0.1) is 0 Å². The molecule has 0 unspecified atom stereocenters. The molecule has 0 saturated carbocycles. The molecule has 0 N–H and O–H groups in total. The smallest absolute Gasteiger partial charge is 0.512 e. The van der Waals surface area contributed by atoms with Gasteiger partial charge in [0.15, 0.2) is 13.2 Å². The van der Waals surface area contributed by atoms with Gasteiger partial charge in [-0.1, -0.05) is 84.4 Å². The van der Waals surface area contributed by atoms with Gasteiger partial charge in [0.05, 0.1) is 28.0 Å². The van der Waals surface area contributed by atoms with E-state index in [4.69, 9.17) is 54.2 Å². The van der Waals surface area contributed by atoms with Crippen LogP contribution in [0.25, 0.3) is 43.8 Å². The van der Waals surface area contributed by atoms with Crippen molar-refractivity contribution in [2.45, 2.75) is 73.5 Å². The first-order chi connectivity index (χ1) is 38.4. The van der Waals surface area contributed by atoms with Crippen LogP contribution in [0.1, 0.15) is 65.2 Å². The molecule has 6 aromatic carbocycles. The molecule has 0 atom stereocenters. The summed E-state index contributed by atoms with van der Waals surface area (Å²) in [4.78, 5) is 68.5. The van der Waals surface area contributed by atoms with Crippen LogP contribution < -0.4 is 19.3 Å². The van der Waals surface area contributed by atoms with Crippen molar-refractivity contribution < 1.29 is 62.4 Å². The molecule has 0 radical (unpaired) electrons. The largest absolute Gasteiger partial charge is 2.00 e. The maximum absolute atomic E-state index is 12.8. The third kappa shape index (κ3) is 15.6. The number of halogens is 1. The molecule has 422 valence electrons. The third-order valence-corrected chi connectivity index (χ3v) is 13.8. The maximum atomic E-state index is 12.8. The quantitative estimate of drug-likeness (QED) is 0.113. The SMILES string of the molecule is CC(=O)N(C)C.Cc1cc(-c2cc3c(cc2C#N)N(CC2CN(C(=O)OC(C)(C)C)C2)C(=O)CO3)c2ccccc2c1.Cc1cc(-c2cc3c(cc2Cl)N(CC2CN(C(=O)OC(C)(C)C)C2)C(=O)CO3)c2ccccc2c1.[C-]#N.[C-]#N.[Zn+2]. The Labute approximate surface area is 498 Å². The first-order valence-electron chi connectivity index (χ1n) is 26.2. The number of amides is 5. The van der Waals surface area contributed by atoms with E-state index in [2.05, 4.69) is 61.5 Å². The molecule has 2 saturated heterocycles. The summed E-state index contributed by atoms with van der Waals surface area (Å²) in [5, 5.41) is 27.5. The van der Waals surface area contributed by atoms with E-state index >= 15 is 0 Å². The van der Waals surface area contributed by atoms with Gasteiger partial charge in [-0.05, 0) is 123 Å². The van der Waals surface area contributed by atoms with Crippen LogP contribution in [-0.4, -0.2) is 122 Å². The Morgan fingerprint density at radius 1 is 0.634 bits per heavy atom. The number of anilines is 2. The number of carbonyl (C=O) groups is 5. The second-order valence-corrected chi connectivity index (χ2v) is 22.8. The van der Waals surface area contributed by atoms with Gasteiger partial charge < -0.3 is 67.1 Å². The minimum absolute atomic E-state index is 0. The number of benzene rings is 6. The Bertz CT molecular complexity index is 3440. The number of ether oxygens (including phenoxy) is 4. The van der Waals surface area contributed by atoms with Crippen LogP contribution in [0.2, 0.25) is 5.02 Å². The fourth-order valence-corrected chi connectivity index (χ4v) is 9.85. The van der Waals surface area contributed by atoms with Crippen molar-refractivity contribution in [1.29, 1.82) is 15.8 Å². The molecule has 19 heteroatoms. The van der Waals surface area contributed by atoms with Crippen LogP contribution in [0, 0.1) is 60.7 Å². The molecule has 0 spiro atoms. The zero-order valence-corrected chi connectivity index (χ0v) is 52.1. The molecule has 17 nitrogen and oxygen atoms in total. The zero-order chi connectivity index (χ0) is 59.7. The van der Waals surface area contributed by atoms with E-state index in [0.717, 1.165) is 54.9 Å². The van der Waals surface area contributed by atoms with Crippen LogP contribution >= 0.6 is 11.6 Å². The van der Waals surface area contributed by atoms with Crippen molar-refractivity contribution >= 4 is 74.4 Å². The number of hydrogen-bond donors (Lipinski definition) is 0. The van der Waals surface area contributed by atoms with Crippen LogP contribution in [0.3, 0.4) is 0 Å². The van der Waals surface area contributed by atoms with Crippen LogP contribution in [-0.2, 0) is 43.3 Å². The Hall–Kier alpha value is -8.23. The summed E-state index contributed by atoms with van der Waals surface area (Å²) in [7, 11) is 3.45. The van der Waals surface area contributed by atoms with Crippen molar-refractivity contribution in [2.24, 2.45) is 11.8 Å². The average molecular weight is 1180 g/mol. The number of aryl methyl sites for hydroxylation is 2. The summed E-state index contributed by atoms with van der Waals surface area (Å²) in [6.07, 6.45) is -0.658. The molecule has 4 heterocycles. The molecule has 2 fully saturated rings. The molecule has 6 aromatic rings. The molecular weight excluding hydrogens is 1110 g/mol. The molecule has 10 rings (SSSR count). The Morgan fingerprint density at radius 2 is 1.01 bits per heavy atom. The van der Waals surface area contributed by atoms with Gasteiger partial charge >= 0.3 is 31.7 Å². The van der Waals surface area contributed by atoms with Crippen molar-refractivity contribution in [3.63, 3.8) is 0 Å². The summed E-state index contributed by atoms with van der Waals surface area (Å²) >= 11 is 6.81. The number of rotatable bonds is 6. The van der Waals surface area contributed by atoms with E-state index in [1.807, 2.05) is 90.9 Å². The standard InChI is InChI=1S/C29H29N3O4.C28H29ClN2O4.C4H9NO.2CN.Zn/c1-18-9-20-7-5-6-8-22(20)24(10-18)23-12-26-25(11-21(23)13-30)32(27(33)17-35-26)16-19-14-31(15-19)28(34)36-29(2,3)4;1-17-9-19-7-5-6-8-20(19)21(10-17)22-11-25-24(12-23(22)29)31(26(32)16-34-25)15-18-13-30(14-18)27(33)35-28(2,3)4;1-4(6)5(2)3;2*1-2;/h5-12,19H,14-17H2,1-4H3;5-12,18H,13-16H2,1-4H3;1-3H3;;;/q;;;2*-1;+2. The van der Waals surface area contributed by atoms with Crippen molar-refractivity contribution in [3.8, 4) is 39.8 Å². The second-order valence-electron chi connectivity index (χ2n) is 22.3. The fraction of sp³-hybridized carbons (Fsp3) is 0.365. The van der Waals surface area contributed by atoms with Crippen LogP contribution in [0.15, 0.2) is 97.1 Å². The number of carbonyl (C=O) groups excluding carboxylic acids is 5. The van der Waals surface area contributed by atoms with Crippen molar-refractivity contribution in [1.82, 2.24) is 14.7 Å². The zero-order valence-electron chi connectivity index (χ0n) is 48.4. The third-order valence-electron chi connectivity index (χ3n) is 13.5. The van der Waals surface area contributed by atoms with E-state index < -0.39 is 11.2 Å². The maximum Gasteiger partial charge on any atom is 2.00 e. The van der Waals surface area contributed by atoms with E-state index in [1.165, 1.54) is 11.8 Å². The minimum Gasteiger partial charge on any atom is -0.512 e. The summed E-state index contributed by atoms with van der Waals surface area (Å²) in [5.41, 5.74) is 6.57. The van der Waals surface area contributed by atoms with Gasteiger partial charge in [0.1, 0.15) is 22.7 Å². The predicted octanol–water partition coefficient (Wildman–Crippen LogP) is 11.6. The summed E-state index contributed by atoms with van der Waals surface area (Å²) < 4.78 is 22.5. The fourth-order valence-electron chi connectivity index (χ4n) is 9.59.